The van der Waals surface area contributed by atoms with Gasteiger partial charge in [0.25, 0.3) is 5.91 Å². The van der Waals surface area contributed by atoms with Crippen LogP contribution in [-0.4, -0.2) is 40.0 Å². The minimum Gasteiger partial charge on any atom is -0.480 e. The van der Waals surface area contributed by atoms with Gasteiger partial charge in [0.15, 0.2) is 0 Å². The van der Waals surface area contributed by atoms with Crippen molar-refractivity contribution in [1.29, 1.82) is 0 Å². The zero-order chi connectivity index (χ0) is 16.4. The number of carboxylic acids is 1. The number of aromatic amines is 1. The van der Waals surface area contributed by atoms with Crippen molar-refractivity contribution in [1.82, 2.24) is 9.88 Å². The fraction of sp³-hybridized carbons (Fsp3) is 0.333. The molecule has 0 fully saturated rings. The van der Waals surface area contributed by atoms with Crippen LogP contribution in [0.2, 0.25) is 5.02 Å². The molecule has 1 amide bonds. The number of hydrogen-bond donors (Lipinski definition) is 2. The fourth-order valence-corrected chi connectivity index (χ4v) is 2.54. The van der Waals surface area contributed by atoms with Crippen molar-refractivity contribution in [3.05, 3.63) is 34.7 Å². The van der Waals surface area contributed by atoms with Crippen molar-refractivity contribution in [3.8, 4) is 0 Å². The number of rotatable bonds is 5. The Morgan fingerprint density at radius 3 is 2.68 bits per heavy atom. The molecule has 5 nitrogen and oxygen atoms in total. The Labute approximate surface area is 131 Å². The number of fused-ring (bicyclic) bond motifs is 1. The second-order valence-electron chi connectivity index (χ2n) is 5.48. The Morgan fingerprint density at radius 1 is 1.41 bits per heavy atom. The average molecular weight is 327 g/mol. The van der Waals surface area contributed by atoms with Gasteiger partial charge in [-0.3, -0.25) is 9.59 Å². The number of nitrogens with zero attached hydrogens (tertiary/aromatic N) is 1. The molecule has 1 heterocycles. The molecule has 0 atom stereocenters. The molecule has 7 heteroatoms. The summed E-state index contributed by atoms with van der Waals surface area (Å²) in [5.41, 5.74) is 0.596. The van der Waals surface area contributed by atoms with E-state index < -0.39 is 24.2 Å². The van der Waals surface area contributed by atoms with Crippen LogP contribution < -0.4 is 0 Å². The van der Waals surface area contributed by atoms with Gasteiger partial charge in [-0.25, -0.2) is 4.39 Å². The summed E-state index contributed by atoms with van der Waals surface area (Å²) in [6.07, 6.45) is 0. The van der Waals surface area contributed by atoms with Crippen molar-refractivity contribution in [2.24, 2.45) is 5.92 Å². The van der Waals surface area contributed by atoms with Gasteiger partial charge in [-0.15, -0.1) is 0 Å². The third kappa shape index (κ3) is 3.39. The smallest absolute Gasteiger partial charge is 0.323 e. The maximum atomic E-state index is 13.3. The first-order valence-electron chi connectivity index (χ1n) is 6.77. The number of carbonyl (C=O) groups is 2. The summed E-state index contributed by atoms with van der Waals surface area (Å²) < 4.78 is 13.3. The zero-order valence-corrected chi connectivity index (χ0v) is 12.9. The largest absolute Gasteiger partial charge is 0.480 e. The molecular weight excluding hydrogens is 311 g/mol. The summed E-state index contributed by atoms with van der Waals surface area (Å²) in [5.74, 6) is -1.98. The van der Waals surface area contributed by atoms with Crippen LogP contribution >= 0.6 is 11.6 Å². The second kappa shape index (κ2) is 6.36. The Hall–Kier alpha value is -2.08. The minimum atomic E-state index is -1.10. The number of halogens is 2. The van der Waals surface area contributed by atoms with Crippen molar-refractivity contribution in [2.75, 3.05) is 13.1 Å². The SMILES string of the molecule is CC(C)CN(CC(=O)O)C(=O)c1[nH]c2ccc(F)cc2c1Cl. The molecule has 2 aromatic rings. The lowest BCUT2D eigenvalue weighted by Crippen LogP contribution is -2.38. The molecule has 0 saturated carbocycles. The standard InChI is InChI=1S/C15H16ClFN2O3/c1-8(2)6-19(7-12(20)21)15(22)14-13(16)10-5-9(17)3-4-11(10)18-14/h3-5,8,18H,6-7H2,1-2H3,(H,20,21). The third-order valence-electron chi connectivity index (χ3n) is 3.11. The van der Waals surface area contributed by atoms with Crippen LogP contribution in [0.25, 0.3) is 10.9 Å². The summed E-state index contributed by atoms with van der Waals surface area (Å²) in [7, 11) is 0. The molecule has 0 radical (unpaired) electrons. The number of aromatic nitrogens is 1. The number of aliphatic carboxylic acids is 1. The van der Waals surface area contributed by atoms with E-state index in [9.17, 15) is 14.0 Å². The molecule has 0 aliphatic carbocycles. The van der Waals surface area contributed by atoms with E-state index in [4.69, 9.17) is 16.7 Å². The Morgan fingerprint density at radius 2 is 2.09 bits per heavy atom. The van der Waals surface area contributed by atoms with Crippen molar-refractivity contribution in [2.45, 2.75) is 13.8 Å². The second-order valence-corrected chi connectivity index (χ2v) is 5.86. The molecule has 0 aliphatic rings. The summed E-state index contributed by atoms with van der Waals surface area (Å²) in [5, 5.41) is 9.44. The van der Waals surface area contributed by atoms with E-state index in [0.29, 0.717) is 10.9 Å². The lowest BCUT2D eigenvalue weighted by Gasteiger charge is -2.22. The first kappa shape index (κ1) is 16.3. The summed E-state index contributed by atoms with van der Waals surface area (Å²) in [6, 6.07) is 3.97. The normalized spacial score (nSPS) is 11.1. The Bertz CT molecular complexity index is 727. The van der Waals surface area contributed by atoms with Gasteiger partial charge in [-0.1, -0.05) is 25.4 Å². The van der Waals surface area contributed by atoms with Gasteiger partial charge in [0, 0.05) is 17.4 Å². The molecule has 118 valence electrons. The number of H-pyrrole nitrogens is 1. The van der Waals surface area contributed by atoms with Gasteiger partial charge < -0.3 is 15.0 Å². The molecule has 22 heavy (non-hydrogen) atoms. The highest BCUT2D eigenvalue weighted by Crippen LogP contribution is 2.29. The van der Waals surface area contributed by atoms with E-state index in [1.54, 1.807) is 0 Å². The number of benzene rings is 1. The molecule has 1 aromatic heterocycles. The van der Waals surface area contributed by atoms with Crippen LogP contribution in [0.15, 0.2) is 18.2 Å². The highest BCUT2D eigenvalue weighted by atomic mass is 35.5. The van der Waals surface area contributed by atoms with Crippen LogP contribution in [0.3, 0.4) is 0 Å². The quantitative estimate of drug-likeness (QED) is 0.886. The minimum absolute atomic E-state index is 0.0733. The summed E-state index contributed by atoms with van der Waals surface area (Å²) in [4.78, 5) is 27.5. The fourth-order valence-electron chi connectivity index (χ4n) is 2.26. The zero-order valence-electron chi connectivity index (χ0n) is 12.2. The maximum absolute atomic E-state index is 13.3. The topological polar surface area (TPSA) is 73.4 Å². The van der Waals surface area contributed by atoms with E-state index >= 15 is 0 Å². The number of amides is 1. The van der Waals surface area contributed by atoms with Gasteiger partial charge in [-0.05, 0) is 24.1 Å². The summed E-state index contributed by atoms with van der Waals surface area (Å²) in [6.45, 7) is 3.62. The maximum Gasteiger partial charge on any atom is 0.323 e. The van der Waals surface area contributed by atoms with Gasteiger partial charge in [0.05, 0.1) is 5.02 Å². The van der Waals surface area contributed by atoms with Gasteiger partial charge in [0.1, 0.15) is 18.1 Å². The van der Waals surface area contributed by atoms with E-state index in [-0.39, 0.29) is 23.2 Å². The third-order valence-corrected chi connectivity index (χ3v) is 3.50. The van der Waals surface area contributed by atoms with E-state index in [2.05, 4.69) is 4.98 Å². The average Bonchev–Trinajstić information content (AvgIpc) is 2.73. The van der Waals surface area contributed by atoms with Gasteiger partial charge in [-0.2, -0.15) is 0 Å². The number of nitrogens with one attached hydrogen (secondary N) is 1. The van der Waals surface area contributed by atoms with Crippen LogP contribution in [-0.2, 0) is 4.79 Å². The molecule has 2 rings (SSSR count). The Balaban J connectivity index is 2.41. The van der Waals surface area contributed by atoms with Gasteiger partial charge in [0.2, 0.25) is 0 Å². The lowest BCUT2D eigenvalue weighted by molar-refractivity contribution is -0.137. The molecule has 0 bridgehead atoms. The molecule has 0 unspecified atom stereocenters. The first-order valence-corrected chi connectivity index (χ1v) is 7.15. The molecule has 0 spiro atoms. The van der Waals surface area contributed by atoms with Crippen molar-refractivity contribution in [3.63, 3.8) is 0 Å². The molecule has 0 aliphatic heterocycles. The van der Waals surface area contributed by atoms with E-state index in [1.807, 2.05) is 13.8 Å². The van der Waals surface area contributed by atoms with Crippen LogP contribution in [0.1, 0.15) is 24.3 Å². The van der Waals surface area contributed by atoms with E-state index in [1.165, 1.54) is 23.1 Å². The molecular formula is C15H16ClFN2O3. The van der Waals surface area contributed by atoms with E-state index in [0.717, 1.165) is 0 Å². The first-order chi connectivity index (χ1) is 10.3. The molecule has 2 N–H and O–H groups in total. The molecule has 1 aromatic carbocycles. The Kier molecular flexibility index (Phi) is 4.71. The lowest BCUT2D eigenvalue weighted by atomic mass is 10.2. The number of hydrogen-bond acceptors (Lipinski definition) is 2. The van der Waals surface area contributed by atoms with Crippen molar-refractivity contribution < 1.29 is 19.1 Å². The summed E-state index contributed by atoms with van der Waals surface area (Å²) >= 11 is 6.15. The van der Waals surface area contributed by atoms with Crippen LogP contribution in [0, 0.1) is 11.7 Å². The predicted molar refractivity (Wildman–Crippen MR) is 81.6 cm³/mol. The predicted octanol–water partition coefficient (Wildman–Crippen LogP) is 3.14. The molecule has 0 saturated heterocycles. The number of carboxylic acid groups (broad SMARTS) is 1. The highest BCUT2D eigenvalue weighted by Gasteiger charge is 2.24. The van der Waals surface area contributed by atoms with Crippen LogP contribution in [0.5, 0.6) is 0 Å². The van der Waals surface area contributed by atoms with Gasteiger partial charge >= 0.3 is 5.97 Å². The highest BCUT2D eigenvalue weighted by molar-refractivity contribution is 6.38. The monoisotopic (exact) mass is 326 g/mol. The van der Waals surface area contributed by atoms with Crippen LogP contribution in [0.4, 0.5) is 4.39 Å². The van der Waals surface area contributed by atoms with Crippen molar-refractivity contribution >= 4 is 34.4 Å². The number of carbonyl (C=O) groups excluding carboxylic acids is 1.